The molecule has 2 aromatic carbocycles. The summed E-state index contributed by atoms with van der Waals surface area (Å²) in [6.45, 7) is 4.04. The number of aryl methyl sites for hydroxylation is 2. The molecule has 2 aromatic rings. The highest BCUT2D eigenvalue weighted by Gasteiger charge is 2.03. The maximum absolute atomic E-state index is 11.9. The van der Waals surface area contributed by atoms with Crippen molar-refractivity contribution in [1.82, 2.24) is 5.43 Å². The molecule has 1 N–H and O–H groups in total. The molecule has 0 heterocycles. The third-order valence-corrected chi connectivity index (χ3v) is 3.54. The van der Waals surface area contributed by atoms with Gasteiger partial charge in [0, 0.05) is 15.6 Å². The van der Waals surface area contributed by atoms with Crippen molar-refractivity contribution in [2.45, 2.75) is 13.8 Å². The van der Waals surface area contributed by atoms with E-state index in [2.05, 4.69) is 26.5 Å². The zero-order valence-corrected chi connectivity index (χ0v) is 12.9. The van der Waals surface area contributed by atoms with E-state index < -0.39 is 0 Å². The van der Waals surface area contributed by atoms with Gasteiger partial charge in [-0.3, -0.25) is 4.79 Å². The van der Waals surface area contributed by atoms with Crippen LogP contribution < -0.4 is 5.43 Å². The van der Waals surface area contributed by atoms with E-state index in [4.69, 9.17) is 0 Å². The Bertz CT molecular complexity index is 628. The van der Waals surface area contributed by atoms with E-state index in [1.807, 2.05) is 44.2 Å². The van der Waals surface area contributed by atoms with E-state index in [1.165, 1.54) is 0 Å². The quantitative estimate of drug-likeness (QED) is 0.674. The molecule has 0 saturated carbocycles. The van der Waals surface area contributed by atoms with Gasteiger partial charge in [0.25, 0.3) is 5.91 Å². The van der Waals surface area contributed by atoms with Crippen molar-refractivity contribution in [3.05, 3.63) is 69.2 Å². The van der Waals surface area contributed by atoms with E-state index in [1.54, 1.807) is 18.3 Å². The van der Waals surface area contributed by atoms with Crippen LogP contribution in [0.5, 0.6) is 0 Å². The van der Waals surface area contributed by atoms with Crippen molar-refractivity contribution < 1.29 is 4.79 Å². The molecule has 102 valence electrons. The van der Waals surface area contributed by atoms with Crippen molar-refractivity contribution in [3.63, 3.8) is 0 Å². The van der Waals surface area contributed by atoms with Crippen molar-refractivity contribution in [3.8, 4) is 0 Å². The number of nitrogens with zero attached hydrogens (tertiary/aromatic N) is 1. The van der Waals surface area contributed by atoms with Crippen molar-refractivity contribution in [2.75, 3.05) is 0 Å². The fourth-order valence-corrected chi connectivity index (χ4v) is 2.12. The Morgan fingerprint density at radius 1 is 1.10 bits per heavy atom. The Hall–Kier alpha value is -1.94. The van der Waals surface area contributed by atoms with Crippen LogP contribution in [-0.2, 0) is 0 Å². The number of carbonyl (C=O) groups excluding carboxylic acids is 1. The SMILES string of the molecule is Cc1cccc(C)c1/C=N\NC(=O)c1ccc(Br)cc1. The summed E-state index contributed by atoms with van der Waals surface area (Å²) in [5.41, 5.74) is 6.41. The first-order valence-corrected chi connectivity index (χ1v) is 7.02. The van der Waals surface area contributed by atoms with Gasteiger partial charge < -0.3 is 0 Å². The Morgan fingerprint density at radius 2 is 1.70 bits per heavy atom. The predicted octanol–water partition coefficient (Wildman–Crippen LogP) is 3.83. The summed E-state index contributed by atoms with van der Waals surface area (Å²) in [7, 11) is 0. The van der Waals surface area contributed by atoms with Crippen LogP contribution in [0.25, 0.3) is 0 Å². The predicted molar refractivity (Wildman–Crippen MR) is 85.1 cm³/mol. The van der Waals surface area contributed by atoms with Gasteiger partial charge in [-0.15, -0.1) is 0 Å². The fraction of sp³-hybridized carbons (Fsp3) is 0.125. The average molecular weight is 331 g/mol. The van der Waals surface area contributed by atoms with Crippen LogP contribution >= 0.6 is 15.9 Å². The highest BCUT2D eigenvalue weighted by molar-refractivity contribution is 9.10. The first-order chi connectivity index (χ1) is 9.58. The first-order valence-electron chi connectivity index (χ1n) is 6.23. The number of benzene rings is 2. The molecular formula is C16H15BrN2O. The number of rotatable bonds is 3. The minimum absolute atomic E-state index is 0.222. The molecule has 20 heavy (non-hydrogen) atoms. The van der Waals surface area contributed by atoms with Crippen LogP contribution in [0, 0.1) is 13.8 Å². The molecule has 0 aliphatic heterocycles. The van der Waals surface area contributed by atoms with Gasteiger partial charge in [-0.25, -0.2) is 5.43 Å². The monoisotopic (exact) mass is 330 g/mol. The maximum Gasteiger partial charge on any atom is 0.271 e. The molecule has 0 aliphatic carbocycles. The second-order valence-electron chi connectivity index (χ2n) is 4.51. The second kappa shape index (κ2) is 6.48. The molecule has 4 heteroatoms. The van der Waals surface area contributed by atoms with Gasteiger partial charge >= 0.3 is 0 Å². The summed E-state index contributed by atoms with van der Waals surface area (Å²) >= 11 is 3.33. The summed E-state index contributed by atoms with van der Waals surface area (Å²) in [4.78, 5) is 11.9. The highest BCUT2D eigenvalue weighted by atomic mass is 79.9. The Balaban J connectivity index is 2.06. The van der Waals surface area contributed by atoms with E-state index in [0.29, 0.717) is 5.56 Å². The van der Waals surface area contributed by atoms with Crippen LogP contribution in [-0.4, -0.2) is 12.1 Å². The lowest BCUT2D eigenvalue weighted by molar-refractivity contribution is 0.0955. The lowest BCUT2D eigenvalue weighted by Crippen LogP contribution is -2.17. The molecule has 0 radical (unpaired) electrons. The Morgan fingerprint density at radius 3 is 2.30 bits per heavy atom. The van der Waals surface area contributed by atoms with Gasteiger partial charge in [-0.1, -0.05) is 34.1 Å². The van der Waals surface area contributed by atoms with Gasteiger partial charge in [0.2, 0.25) is 0 Å². The largest absolute Gasteiger partial charge is 0.271 e. The third-order valence-electron chi connectivity index (χ3n) is 3.01. The van der Waals surface area contributed by atoms with Crippen molar-refractivity contribution >= 4 is 28.1 Å². The van der Waals surface area contributed by atoms with Crippen LogP contribution in [0.2, 0.25) is 0 Å². The number of halogens is 1. The molecule has 2 rings (SSSR count). The van der Waals surface area contributed by atoms with Crippen LogP contribution in [0.15, 0.2) is 52.0 Å². The molecule has 3 nitrogen and oxygen atoms in total. The summed E-state index contributed by atoms with van der Waals surface area (Å²) in [6.07, 6.45) is 1.68. The van der Waals surface area contributed by atoms with E-state index in [-0.39, 0.29) is 5.91 Å². The molecule has 0 fully saturated rings. The molecule has 0 aliphatic rings. The summed E-state index contributed by atoms with van der Waals surface area (Å²) in [5.74, 6) is -0.222. The molecule has 0 saturated heterocycles. The third kappa shape index (κ3) is 3.54. The first kappa shape index (κ1) is 14.5. The van der Waals surface area contributed by atoms with Gasteiger partial charge in [0.05, 0.1) is 6.21 Å². The van der Waals surface area contributed by atoms with Crippen molar-refractivity contribution in [2.24, 2.45) is 5.10 Å². The smallest absolute Gasteiger partial charge is 0.267 e. The standard InChI is InChI=1S/C16H15BrN2O/c1-11-4-3-5-12(2)15(11)10-18-19-16(20)13-6-8-14(17)9-7-13/h3-10H,1-2H3,(H,19,20)/b18-10-. The zero-order valence-electron chi connectivity index (χ0n) is 11.4. The van der Waals surface area contributed by atoms with Gasteiger partial charge in [-0.05, 0) is 49.2 Å². The van der Waals surface area contributed by atoms with Crippen LogP contribution in [0.4, 0.5) is 0 Å². The van der Waals surface area contributed by atoms with Gasteiger partial charge in [-0.2, -0.15) is 5.10 Å². The zero-order chi connectivity index (χ0) is 14.5. The molecule has 0 spiro atoms. The molecule has 0 unspecified atom stereocenters. The molecule has 0 bridgehead atoms. The average Bonchev–Trinajstić information content (AvgIpc) is 2.42. The summed E-state index contributed by atoms with van der Waals surface area (Å²) < 4.78 is 0.938. The fourth-order valence-electron chi connectivity index (χ4n) is 1.85. The van der Waals surface area contributed by atoms with Crippen LogP contribution in [0.1, 0.15) is 27.0 Å². The molecular weight excluding hydrogens is 316 g/mol. The molecule has 0 atom stereocenters. The number of hydrogen-bond acceptors (Lipinski definition) is 2. The minimum atomic E-state index is -0.222. The topological polar surface area (TPSA) is 41.5 Å². The minimum Gasteiger partial charge on any atom is -0.267 e. The maximum atomic E-state index is 11.9. The number of amides is 1. The summed E-state index contributed by atoms with van der Waals surface area (Å²) in [6, 6.07) is 13.2. The van der Waals surface area contributed by atoms with E-state index >= 15 is 0 Å². The van der Waals surface area contributed by atoms with E-state index in [0.717, 1.165) is 21.2 Å². The highest BCUT2D eigenvalue weighted by Crippen LogP contribution is 2.11. The van der Waals surface area contributed by atoms with Crippen LogP contribution in [0.3, 0.4) is 0 Å². The van der Waals surface area contributed by atoms with Crippen molar-refractivity contribution in [1.29, 1.82) is 0 Å². The lowest BCUT2D eigenvalue weighted by Gasteiger charge is -2.04. The number of carbonyl (C=O) groups is 1. The van der Waals surface area contributed by atoms with Gasteiger partial charge in [0.15, 0.2) is 0 Å². The Labute approximate surface area is 126 Å². The summed E-state index contributed by atoms with van der Waals surface area (Å²) in [5, 5.41) is 4.03. The van der Waals surface area contributed by atoms with E-state index in [9.17, 15) is 4.79 Å². The number of nitrogens with one attached hydrogen (secondary N) is 1. The van der Waals surface area contributed by atoms with Gasteiger partial charge in [0.1, 0.15) is 0 Å². The normalized spacial score (nSPS) is 10.8. The molecule has 1 amide bonds. The molecule has 0 aromatic heterocycles. The number of hydrazone groups is 1. The Kier molecular flexibility index (Phi) is 4.69. The lowest BCUT2D eigenvalue weighted by atomic mass is 10.0. The second-order valence-corrected chi connectivity index (χ2v) is 5.43. The number of hydrogen-bond donors (Lipinski definition) is 1.